The van der Waals surface area contributed by atoms with E-state index in [1.165, 1.54) is 0 Å². The van der Waals surface area contributed by atoms with Crippen molar-refractivity contribution >= 4 is 11.9 Å². The molecule has 1 aliphatic heterocycles. The average molecular weight is 204 g/mol. The molecule has 0 saturated heterocycles. The first-order valence-electron chi connectivity index (χ1n) is 5.12. The third kappa shape index (κ3) is 1.77. The Kier molecular flexibility index (Phi) is 2.54. The normalized spacial score (nSPS) is 13.9. The number of benzene rings is 1. The summed E-state index contributed by atoms with van der Waals surface area (Å²) in [7, 11) is 0. The first-order chi connectivity index (χ1) is 7.22. The Morgan fingerprint density at radius 2 is 1.87 bits per heavy atom. The summed E-state index contributed by atoms with van der Waals surface area (Å²) in [6.45, 7) is 2.12. The number of esters is 2. The van der Waals surface area contributed by atoms with Crippen molar-refractivity contribution in [2.45, 2.75) is 26.2 Å². The van der Waals surface area contributed by atoms with E-state index in [2.05, 4.69) is 11.7 Å². The van der Waals surface area contributed by atoms with Crippen molar-refractivity contribution in [2.75, 3.05) is 0 Å². The van der Waals surface area contributed by atoms with Gasteiger partial charge in [-0.25, -0.2) is 9.59 Å². The highest BCUT2D eigenvalue weighted by Gasteiger charge is 2.29. The number of hydrogen-bond acceptors (Lipinski definition) is 3. The van der Waals surface area contributed by atoms with Crippen LogP contribution in [0.1, 0.15) is 46.0 Å². The van der Waals surface area contributed by atoms with Gasteiger partial charge in [-0.05, 0) is 30.5 Å². The van der Waals surface area contributed by atoms with Crippen LogP contribution in [-0.2, 0) is 11.2 Å². The number of carbonyl (C=O) groups is 2. The molecule has 1 aromatic rings. The molecule has 1 heterocycles. The van der Waals surface area contributed by atoms with Crippen molar-refractivity contribution in [3.63, 3.8) is 0 Å². The van der Waals surface area contributed by atoms with Gasteiger partial charge in [0.25, 0.3) is 0 Å². The van der Waals surface area contributed by atoms with Gasteiger partial charge >= 0.3 is 11.9 Å². The Balaban J connectivity index is 2.30. The molecular weight excluding hydrogens is 192 g/mol. The standard InChI is InChI=1S/C12H12O3/c1-2-3-4-8-5-6-9-10(7-8)12(14)15-11(9)13/h5-7H,2-4H2,1H3. The van der Waals surface area contributed by atoms with Gasteiger partial charge < -0.3 is 4.74 Å². The Labute approximate surface area is 88.1 Å². The van der Waals surface area contributed by atoms with Crippen molar-refractivity contribution in [1.82, 2.24) is 0 Å². The van der Waals surface area contributed by atoms with Crippen LogP contribution in [0.15, 0.2) is 18.2 Å². The van der Waals surface area contributed by atoms with Crippen molar-refractivity contribution in [3.05, 3.63) is 34.9 Å². The van der Waals surface area contributed by atoms with E-state index < -0.39 is 11.9 Å². The molecule has 15 heavy (non-hydrogen) atoms. The van der Waals surface area contributed by atoms with Crippen LogP contribution < -0.4 is 0 Å². The second-order valence-corrected chi connectivity index (χ2v) is 3.66. The first kappa shape index (κ1) is 9.90. The van der Waals surface area contributed by atoms with Crippen molar-refractivity contribution in [2.24, 2.45) is 0 Å². The average Bonchev–Trinajstić information content (AvgIpc) is 2.52. The summed E-state index contributed by atoms with van der Waals surface area (Å²) in [5.41, 5.74) is 1.89. The number of hydrogen-bond donors (Lipinski definition) is 0. The largest absolute Gasteiger partial charge is 0.386 e. The summed E-state index contributed by atoms with van der Waals surface area (Å²) in [6.07, 6.45) is 3.13. The molecule has 1 aromatic carbocycles. The monoisotopic (exact) mass is 204 g/mol. The second-order valence-electron chi connectivity index (χ2n) is 3.66. The number of ether oxygens (including phenoxy) is 1. The molecular formula is C12H12O3. The molecule has 0 unspecified atom stereocenters. The van der Waals surface area contributed by atoms with Gasteiger partial charge in [0.2, 0.25) is 0 Å². The molecule has 1 aliphatic rings. The van der Waals surface area contributed by atoms with Gasteiger partial charge in [0, 0.05) is 0 Å². The van der Waals surface area contributed by atoms with Gasteiger partial charge in [0.15, 0.2) is 0 Å². The highest BCUT2D eigenvalue weighted by molar-refractivity contribution is 6.14. The van der Waals surface area contributed by atoms with E-state index in [0.717, 1.165) is 24.8 Å². The van der Waals surface area contributed by atoms with Gasteiger partial charge in [-0.15, -0.1) is 0 Å². The zero-order chi connectivity index (χ0) is 10.8. The molecule has 78 valence electrons. The van der Waals surface area contributed by atoms with E-state index in [0.29, 0.717) is 11.1 Å². The summed E-state index contributed by atoms with van der Waals surface area (Å²) in [5.74, 6) is -1.05. The van der Waals surface area contributed by atoms with Crippen LogP contribution in [0.5, 0.6) is 0 Å². The lowest BCUT2D eigenvalue weighted by Crippen LogP contribution is -1.97. The summed E-state index contributed by atoms with van der Waals surface area (Å²) in [5, 5.41) is 0. The van der Waals surface area contributed by atoms with Crippen molar-refractivity contribution in [3.8, 4) is 0 Å². The molecule has 0 aliphatic carbocycles. The SMILES string of the molecule is CCCCc1ccc2c(c1)C(=O)OC2=O. The number of rotatable bonds is 3. The minimum atomic E-state index is -0.531. The molecule has 3 heteroatoms. The highest BCUT2D eigenvalue weighted by atomic mass is 16.6. The fraction of sp³-hybridized carbons (Fsp3) is 0.333. The van der Waals surface area contributed by atoms with E-state index in [1.807, 2.05) is 6.07 Å². The molecule has 0 aromatic heterocycles. The Morgan fingerprint density at radius 1 is 1.13 bits per heavy atom. The second kappa shape index (κ2) is 3.85. The summed E-state index contributed by atoms with van der Waals surface area (Å²) >= 11 is 0. The van der Waals surface area contributed by atoms with Crippen molar-refractivity contribution in [1.29, 1.82) is 0 Å². The molecule has 3 nitrogen and oxygen atoms in total. The molecule has 0 spiro atoms. The fourth-order valence-electron chi connectivity index (χ4n) is 1.67. The maximum Gasteiger partial charge on any atom is 0.346 e. The van der Waals surface area contributed by atoms with E-state index in [-0.39, 0.29) is 0 Å². The van der Waals surface area contributed by atoms with E-state index >= 15 is 0 Å². The molecule has 0 amide bonds. The zero-order valence-electron chi connectivity index (χ0n) is 8.58. The quantitative estimate of drug-likeness (QED) is 0.560. The lowest BCUT2D eigenvalue weighted by Gasteiger charge is -2.00. The molecule has 0 radical (unpaired) electrons. The first-order valence-corrected chi connectivity index (χ1v) is 5.12. The van der Waals surface area contributed by atoms with Crippen LogP contribution in [0.25, 0.3) is 0 Å². The topological polar surface area (TPSA) is 43.4 Å². The molecule has 0 saturated carbocycles. The van der Waals surface area contributed by atoms with Crippen molar-refractivity contribution < 1.29 is 14.3 Å². The minimum Gasteiger partial charge on any atom is -0.386 e. The van der Waals surface area contributed by atoms with E-state index in [1.54, 1.807) is 12.1 Å². The van der Waals surface area contributed by atoms with Crippen LogP contribution in [-0.4, -0.2) is 11.9 Å². The van der Waals surface area contributed by atoms with Gasteiger partial charge in [0.1, 0.15) is 0 Å². The lowest BCUT2D eigenvalue weighted by atomic mass is 10.0. The van der Waals surface area contributed by atoms with E-state index in [4.69, 9.17) is 0 Å². The van der Waals surface area contributed by atoms with Gasteiger partial charge in [-0.2, -0.15) is 0 Å². The van der Waals surface area contributed by atoms with Crippen LogP contribution in [0.4, 0.5) is 0 Å². The van der Waals surface area contributed by atoms with Gasteiger partial charge in [-0.3, -0.25) is 0 Å². The number of cyclic esters (lactones) is 2. The number of unbranched alkanes of at least 4 members (excludes halogenated alkanes) is 1. The van der Waals surface area contributed by atoms with Crippen LogP contribution in [0.3, 0.4) is 0 Å². The number of fused-ring (bicyclic) bond motifs is 1. The Bertz CT molecular complexity index is 421. The molecule has 0 fully saturated rings. The molecule has 0 bridgehead atoms. The Morgan fingerprint density at radius 3 is 2.60 bits per heavy atom. The Hall–Kier alpha value is -1.64. The maximum absolute atomic E-state index is 11.3. The number of carbonyl (C=O) groups excluding carboxylic acids is 2. The van der Waals surface area contributed by atoms with Crippen LogP contribution >= 0.6 is 0 Å². The molecule has 2 rings (SSSR count). The zero-order valence-corrected chi connectivity index (χ0v) is 8.58. The van der Waals surface area contributed by atoms with Crippen LogP contribution in [0.2, 0.25) is 0 Å². The third-order valence-electron chi connectivity index (χ3n) is 2.53. The lowest BCUT2D eigenvalue weighted by molar-refractivity contribution is 0.0444. The summed E-state index contributed by atoms with van der Waals surface area (Å²) in [6, 6.07) is 5.32. The minimum absolute atomic E-state index is 0.389. The predicted molar refractivity (Wildman–Crippen MR) is 54.8 cm³/mol. The smallest absolute Gasteiger partial charge is 0.346 e. The molecule has 0 atom stereocenters. The highest BCUT2D eigenvalue weighted by Crippen LogP contribution is 2.21. The van der Waals surface area contributed by atoms with Gasteiger partial charge in [-0.1, -0.05) is 19.4 Å². The predicted octanol–water partition coefficient (Wildman–Crippen LogP) is 2.34. The fourth-order valence-corrected chi connectivity index (χ4v) is 1.67. The third-order valence-corrected chi connectivity index (χ3v) is 2.53. The van der Waals surface area contributed by atoms with Crippen LogP contribution in [0, 0.1) is 0 Å². The van der Waals surface area contributed by atoms with Gasteiger partial charge in [0.05, 0.1) is 11.1 Å². The number of aryl methyl sites for hydroxylation is 1. The summed E-state index contributed by atoms with van der Waals surface area (Å²) in [4.78, 5) is 22.4. The summed E-state index contributed by atoms with van der Waals surface area (Å²) < 4.78 is 4.51. The van der Waals surface area contributed by atoms with E-state index in [9.17, 15) is 9.59 Å². The molecule has 0 N–H and O–H groups in total. The maximum atomic E-state index is 11.3.